The molecule has 0 saturated carbocycles. The minimum atomic E-state index is -0.408. The lowest BCUT2D eigenvalue weighted by atomic mass is 9.93. The van der Waals surface area contributed by atoms with Gasteiger partial charge in [-0.1, -0.05) is 5.92 Å². The highest BCUT2D eigenvalue weighted by molar-refractivity contribution is 5.95. The maximum Gasteiger partial charge on any atom is 0.311 e. The number of terminal acetylenes is 1. The molecule has 0 N–H and O–H groups in total. The Bertz CT molecular complexity index is 832. The van der Waals surface area contributed by atoms with Crippen LogP contribution in [0.4, 0.5) is 0 Å². The molecule has 1 saturated heterocycles. The molecule has 1 aromatic heterocycles. The Morgan fingerprint density at radius 1 is 1.28 bits per heavy atom. The molecule has 25 heavy (non-hydrogen) atoms. The number of aryl methyl sites for hydroxylation is 1. The third-order valence-electron chi connectivity index (χ3n) is 4.64. The summed E-state index contributed by atoms with van der Waals surface area (Å²) in [5.41, 5.74) is 2.18. The molecule has 3 rings (SSSR count). The average Bonchev–Trinajstić information content (AvgIpc) is 3.26. The van der Waals surface area contributed by atoms with E-state index in [1.165, 1.54) is 7.11 Å². The Balaban J connectivity index is 1.86. The van der Waals surface area contributed by atoms with E-state index < -0.39 is 5.92 Å². The lowest BCUT2D eigenvalue weighted by Gasteiger charge is -2.16. The Kier molecular flexibility index (Phi) is 4.57. The van der Waals surface area contributed by atoms with Gasteiger partial charge >= 0.3 is 5.97 Å². The van der Waals surface area contributed by atoms with Crippen molar-refractivity contribution in [3.63, 3.8) is 0 Å². The molecule has 0 bridgehead atoms. The number of rotatable bonds is 3. The van der Waals surface area contributed by atoms with Crippen LogP contribution in [0.15, 0.2) is 36.8 Å². The largest absolute Gasteiger partial charge is 0.469 e. The number of hydrogen-bond acceptors (Lipinski definition) is 4. The number of esters is 1. The van der Waals surface area contributed by atoms with Crippen molar-refractivity contribution in [1.82, 2.24) is 14.5 Å². The van der Waals surface area contributed by atoms with Crippen LogP contribution in [0.1, 0.15) is 27.5 Å². The van der Waals surface area contributed by atoms with Gasteiger partial charge in [0.1, 0.15) is 0 Å². The number of imidazole rings is 1. The van der Waals surface area contributed by atoms with Gasteiger partial charge in [-0.05, 0) is 24.3 Å². The topological polar surface area (TPSA) is 64.4 Å². The van der Waals surface area contributed by atoms with Gasteiger partial charge in [0.2, 0.25) is 0 Å². The van der Waals surface area contributed by atoms with Crippen molar-refractivity contribution in [2.75, 3.05) is 20.2 Å². The second-order valence-electron chi connectivity index (χ2n) is 6.10. The molecule has 6 heteroatoms. The molecule has 2 aromatic rings. The predicted octanol–water partition coefficient (Wildman–Crippen LogP) is 1.43. The van der Waals surface area contributed by atoms with Crippen molar-refractivity contribution >= 4 is 11.9 Å². The molecular formula is C19H19N3O3. The molecular weight excluding hydrogens is 318 g/mol. The Hall–Kier alpha value is -3.07. The minimum absolute atomic E-state index is 0.123. The first kappa shape index (κ1) is 16.8. The number of benzene rings is 1. The van der Waals surface area contributed by atoms with E-state index in [1.54, 1.807) is 41.7 Å². The van der Waals surface area contributed by atoms with E-state index in [-0.39, 0.29) is 17.8 Å². The monoisotopic (exact) mass is 337 g/mol. The molecule has 0 spiro atoms. The summed E-state index contributed by atoms with van der Waals surface area (Å²) >= 11 is 0. The molecule has 1 fully saturated rings. The highest BCUT2D eigenvalue weighted by Crippen LogP contribution is 2.34. The van der Waals surface area contributed by atoms with Gasteiger partial charge in [0.25, 0.3) is 5.91 Å². The summed E-state index contributed by atoms with van der Waals surface area (Å²) in [4.78, 5) is 30.8. The standard InChI is InChI=1S/C19H19N3O3/c1-4-13-5-7-14(8-6-13)18(23)22-10-15(16(11-22)19(24)25-3)17-9-20-12-21(17)2/h1,5-9,12,15-16H,10-11H2,2-3H3/t15-,16-/m1/s1. The molecule has 1 amide bonds. The number of ether oxygens (including phenoxy) is 1. The van der Waals surface area contributed by atoms with Crippen molar-refractivity contribution in [2.24, 2.45) is 13.0 Å². The van der Waals surface area contributed by atoms with Crippen molar-refractivity contribution in [1.29, 1.82) is 0 Å². The van der Waals surface area contributed by atoms with Gasteiger partial charge in [-0.3, -0.25) is 9.59 Å². The summed E-state index contributed by atoms with van der Waals surface area (Å²) in [6, 6.07) is 6.89. The van der Waals surface area contributed by atoms with Gasteiger partial charge in [-0.25, -0.2) is 4.98 Å². The van der Waals surface area contributed by atoms with Crippen molar-refractivity contribution in [3.8, 4) is 12.3 Å². The van der Waals surface area contributed by atoms with Crippen LogP contribution in [-0.4, -0.2) is 46.5 Å². The van der Waals surface area contributed by atoms with E-state index in [0.717, 1.165) is 11.3 Å². The molecule has 1 aliphatic heterocycles. The second-order valence-corrected chi connectivity index (χ2v) is 6.10. The fourth-order valence-corrected chi connectivity index (χ4v) is 3.28. The third kappa shape index (κ3) is 3.13. The molecule has 2 heterocycles. The molecule has 0 unspecified atom stereocenters. The molecule has 128 valence electrons. The first-order chi connectivity index (χ1) is 12.0. The molecule has 0 aliphatic carbocycles. The van der Waals surface area contributed by atoms with Crippen LogP contribution in [0, 0.1) is 18.3 Å². The fourth-order valence-electron chi connectivity index (χ4n) is 3.28. The number of carbonyl (C=O) groups excluding carboxylic acids is 2. The summed E-state index contributed by atoms with van der Waals surface area (Å²) in [6.07, 6.45) is 8.77. The average molecular weight is 337 g/mol. The number of aromatic nitrogens is 2. The van der Waals surface area contributed by atoms with Crippen LogP contribution in [0.2, 0.25) is 0 Å². The van der Waals surface area contributed by atoms with E-state index in [1.807, 2.05) is 11.6 Å². The maximum atomic E-state index is 12.8. The van der Waals surface area contributed by atoms with Gasteiger partial charge in [0.05, 0.1) is 19.4 Å². The smallest absolute Gasteiger partial charge is 0.311 e. The SMILES string of the molecule is C#Cc1ccc(C(=O)N2C[C@@H](C(=O)OC)[C@H](c3cncn3C)C2)cc1. The normalized spacial score (nSPS) is 19.5. The zero-order chi connectivity index (χ0) is 18.0. The van der Waals surface area contributed by atoms with E-state index in [2.05, 4.69) is 10.9 Å². The summed E-state index contributed by atoms with van der Waals surface area (Å²) in [5, 5.41) is 0. The molecule has 0 radical (unpaired) electrons. The van der Waals surface area contributed by atoms with E-state index >= 15 is 0 Å². The zero-order valence-electron chi connectivity index (χ0n) is 14.2. The van der Waals surface area contributed by atoms with E-state index in [9.17, 15) is 9.59 Å². The van der Waals surface area contributed by atoms with Gasteiger partial charge in [0, 0.05) is 49.1 Å². The van der Waals surface area contributed by atoms with Crippen LogP contribution in [0.3, 0.4) is 0 Å². The van der Waals surface area contributed by atoms with Crippen molar-refractivity contribution in [2.45, 2.75) is 5.92 Å². The predicted molar refractivity (Wildman–Crippen MR) is 91.7 cm³/mol. The van der Waals surface area contributed by atoms with Crippen LogP contribution < -0.4 is 0 Å². The zero-order valence-corrected chi connectivity index (χ0v) is 14.2. The summed E-state index contributed by atoms with van der Waals surface area (Å²) in [7, 11) is 3.24. The van der Waals surface area contributed by atoms with Crippen LogP contribution in [0.25, 0.3) is 0 Å². The summed E-state index contributed by atoms with van der Waals surface area (Å²) < 4.78 is 6.81. The minimum Gasteiger partial charge on any atom is -0.469 e. The number of carbonyl (C=O) groups is 2. The van der Waals surface area contributed by atoms with Gasteiger partial charge < -0.3 is 14.2 Å². The lowest BCUT2D eigenvalue weighted by Crippen LogP contribution is -2.30. The molecule has 2 atom stereocenters. The summed E-state index contributed by atoms with van der Waals surface area (Å²) in [5.74, 6) is 1.54. The Labute approximate surface area is 146 Å². The van der Waals surface area contributed by atoms with Crippen LogP contribution >= 0.6 is 0 Å². The highest BCUT2D eigenvalue weighted by atomic mass is 16.5. The second kappa shape index (κ2) is 6.81. The quantitative estimate of drug-likeness (QED) is 0.628. The van der Waals surface area contributed by atoms with E-state index in [0.29, 0.717) is 18.7 Å². The van der Waals surface area contributed by atoms with Crippen molar-refractivity contribution in [3.05, 3.63) is 53.6 Å². The first-order valence-corrected chi connectivity index (χ1v) is 7.95. The van der Waals surface area contributed by atoms with Gasteiger partial charge in [-0.2, -0.15) is 0 Å². The highest BCUT2D eigenvalue weighted by Gasteiger charge is 2.42. The molecule has 1 aliphatic rings. The van der Waals surface area contributed by atoms with Crippen LogP contribution in [0.5, 0.6) is 0 Å². The number of likely N-dealkylation sites (tertiary alicyclic amines) is 1. The third-order valence-corrected chi connectivity index (χ3v) is 4.64. The number of hydrogen-bond donors (Lipinski definition) is 0. The van der Waals surface area contributed by atoms with Crippen molar-refractivity contribution < 1.29 is 14.3 Å². The Morgan fingerprint density at radius 3 is 2.56 bits per heavy atom. The van der Waals surface area contributed by atoms with Crippen LogP contribution in [-0.2, 0) is 16.6 Å². The Morgan fingerprint density at radius 2 is 2.00 bits per heavy atom. The maximum absolute atomic E-state index is 12.8. The molecule has 6 nitrogen and oxygen atoms in total. The van der Waals surface area contributed by atoms with Gasteiger partial charge in [-0.15, -0.1) is 6.42 Å². The van der Waals surface area contributed by atoms with E-state index in [4.69, 9.17) is 11.2 Å². The lowest BCUT2D eigenvalue weighted by molar-refractivity contribution is -0.145. The number of methoxy groups -OCH3 is 1. The number of nitrogens with zero attached hydrogens (tertiary/aromatic N) is 3. The number of amides is 1. The fraction of sp³-hybridized carbons (Fsp3) is 0.316. The first-order valence-electron chi connectivity index (χ1n) is 7.95. The molecule has 1 aromatic carbocycles. The summed E-state index contributed by atoms with van der Waals surface area (Å²) in [6.45, 7) is 0.757. The van der Waals surface area contributed by atoms with Gasteiger partial charge in [0.15, 0.2) is 0 Å².